The monoisotopic (exact) mass is 372 g/mol. The second-order valence-corrected chi connectivity index (χ2v) is 5.85. The van der Waals surface area contributed by atoms with Gasteiger partial charge in [0.15, 0.2) is 6.61 Å². The quantitative estimate of drug-likeness (QED) is 0.826. The highest BCUT2D eigenvalue weighted by molar-refractivity contribution is 6.43. The van der Waals surface area contributed by atoms with Crippen molar-refractivity contribution in [2.75, 3.05) is 26.2 Å². The van der Waals surface area contributed by atoms with Crippen LogP contribution in [0.4, 0.5) is 0 Å². The van der Waals surface area contributed by atoms with Gasteiger partial charge in [0.05, 0.1) is 15.1 Å². The van der Waals surface area contributed by atoms with Gasteiger partial charge in [0, 0.05) is 31.7 Å². The van der Waals surface area contributed by atoms with E-state index in [2.05, 4.69) is 5.32 Å². The highest BCUT2D eigenvalue weighted by Crippen LogP contribution is 2.33. The van der Waals surface area contributed by atoms with Gasteiger partial charge in [0.1, 0.15) is 5.75 Å². The number of hydrogen-bond acceptors (Lipinski definition) is 3. The van der Waals surface area contributed by atoms with Crippen LogP contribution in [-0.4, -0.2) is 43.1 Å². The lowest BCUT2D eigenvalue weighted by atomic mass is 10.2. The molecule has 8 heteroatoms. The Morgan fingerprint density at radius 2 is 2.00 bits per heavy atom. The first-order valence-corrected chi connectivity index (χ1v) is 7.40. The number of nitrogens with zero attached hydrogens (tertiary/aromatic N) is 1. The molecule has 1 aliphatic rings. The summed E-state index contributed by atoms with van der Waals surface area (Å²) in [6.45, 7) is 4.19. The highest BCUT2D eigenvalue weighted by atomic mass is 35.5. The van der Waals surface area contributed by atoms with E-state index in [0.29, 0.717) is 27.4 Å². The van der Waals surface area contributed by atoms with E-state index in [9.17, 15) is 4.79 Å². The number of nitrogens with one attached hydrogen (secondary N) is 1. The molecule has 1 aromatic rings. The minimum atomic E-state index is -0.0684. The number of carbonyl (C=O) groups is 1. The largest absolute Gasteiger partial charge is 0.482 e. The molecule has 1 amide bonds. The van der Waals surface area contributed by atoms with Gasteiger partial charge in [-0.15, -0.1) is 12.4 Å². The van der Waals surface area contributed by atoms with Crippen LogP contribution in [0.2, 0.25) is 15.1 Å². The first-order chi connectivity index (χ1) is 9.49. The maximum Gasteiger partial charge on any atom is 0.260 e. The predicted octanol–water partition coefficient (Wildman–Crippen LogP) is 3.27. The molecule has 1 saturated heterocycles. The second-order valence-electron chi connectivity index (χ2n) is 4.63. The van der Waals surface area contributed by atoms with Crippen LogP contribution in [0.5, 0.6) is 5.75 Å². The van der Waals surface area contributed by atoms with E-state index in [-0.39, 0.29) is 31.0 Å². The van der Waals surface area contributed by atoms with Crippen LogP contribution >= 0.6 is 47.2 Å². The van der Waals surface area contributed by atoms with Gasteiger partial charge in [-0.05, 0) is 13.0 Å². The Hall–Kier alpha value is -0.390. The number of benzene rings is 1. The van der Waals surface area contributed by atoms with Gasteiger partial charge in [-0.3, -0.25) is 4.79 Å². The summed E-state index contributed by atoms with van der Waals surface area (Å²) in [4.78, 5) is 13.9. The molecule has 4 nitrogen and oxygen atoms in total. The summed E-state index contributed by atoms with van der Waals surface area (Å²) in [7, 11) is 0. The van der Waals surface area contributed by atoms with Crippen molar-refractivity contribution in [3.8, 4) is 5.75 Å². The van der Waals surface area contributed by atoms with Crippen LogP contribution in [0.25, 0.3) is 0 Å². The van der Waals surface area contributed by atoms with Crippen molar-refractivity contribution in [3.05, 3.63) is 27.2 Å². The first kappa shape index (κ1) is 18.7. The van der Waals surface area contributed by atoms with Crippen molar-refractivity contribution < 1.29 is 9.53 Å². The number of hydrogen-bond donors (Lipinski definition) is 1. The van der Waals surface area contributed by atoms with Crippen LogP contribution in [0, 0.1) is 0 Å². The molecule has 0 bridgehead atoms. The maximum absolute atomic E-state index is 12.1. The highest BCUT2D eigenvalue weighted by Gasteiger charge is 2.23. The normalized spacial score (nSPS) is 18.1. The van der Waals surface area contributed by atoms with E-state index in [1.165, 1.54) is 12.1 Å². The van der Waals surface area contributed by atoms with Crippen molar-refractivity contribution in [3.63, 3.8) is 0 Å². The van der Waals surface area contributed by atoms with Crippen molar-refractivity contribution in [1.82, 2.24) is 10.2 Å². The molecule has 0 saturated carbocycles. The summed E-state index contributed by atoms with van der Waals surface area (Å²) < 4.78 is 5.45. The average Bonchev–Trinajstić information content (AvgIpc) is 2.41. The lowest BCUT2D eigenvalue weighted by Crippen LogP contribution is -2.53. The van der Waals surface area contributed by atoms with E-state index in [1.807, 2.05) is 6.92 Å². The van der Waals surface area contributed by atoms with E-state index in [4.69, 9.17) is 39.5 Å². The molecule has 1 aromatic carbocycles. The third-order valence-corrected chi connectivity index (χ3v) is 4.17. The zero-order chi connectivity index (χ0) is 14.7. The third kappa shape index (κ3) is 4.80. The number of rotatable bonds is 3. The smallest absolute Gasteiger partial charge is 0.260 e. The van der Waals surface area contributed by atoms with Crippen molar-refractivity contribution in [1.29, 1.82) is 0 Å². The molecule has 0 aliphatic carbocycles. The number of amides is 1. The topological polar surface area (TPSA) is 41.6 Å². The Bertz CT molecular complexity index is 513. The minimum Gasteiger partial charge on any atom is -0.482 e. The summed E-state index contributed by atoms with van der Waals surface area (Å²) in [6, 6.07) is 3.17. The molecule has 0 radical (unpaired) electrons. The molecular weight excluding hydrogens is 358 g/mol. The molecule has 1 fully saturated rings. The molecule has 1 atom stereocenters. The summed E-state index contributed by atoms with van der Waals surface area (Å²) >= 11 is 17.7. The third-order valence-electron chi connectivity index (χ3n) is 3.15. The predicted molar refractivity (Wildman–Crippen MR) is 88.3 cm³/mol. The van der Waals surface area contributed by atoms with Crippen LogP contribution in [0.15, 0.2) is 12.1 Å². The van der Waals surface area contributed by atoms with E-state index in [1.54, 1.807) is 4.90 Å². The fourth-order valence-electron chi connectivity index (χ4n) is 2.05. The van der Waals surface area contributed by atoms with Gasteiger partial charge in [0.2, 0.25) is 0 Å². The average molecular weight is 374 g/mol. The minimum absolute atomic E-state index is 0. The fraction of sp³-hybridized carbons (Fsp3) is 0.462. The summed E-state index contributed by atoms with van der Waals surface area (Å²) in [5, 5.41) is 4.26. The van der Waals surface area contributed by atoms with Gasteiger partial charge in [-0.1, -0.05) is 34.8 Å². The molecule has 118 valence electrons. The van der Waals surface area contributed by atoms with Crippen molar-refractivity contribution in [2.45, 2.75) is 13.0 Å². The molecule has 1 aliphatic heterocycles. The molecule has 1 heterocycles. The summed E-state index contributed by atoms with van der Waals surface area (Å²) in [6.07, 6.45) is 0. The van der Waals surface area contributed by atoms with Gasteiger partial charge in [-0.2, -0.15) is 0 Å². The number of ether oxygens (including phenoxy) is 1. The van der Waals surface area contributed by atoms with Crippen LogP contribution in [0.1, 0.15) is 6.92 Å². The maximum atomic E-state index is 12.1. The van der Waals surface area contributed by atoms with Crippen LogP contribution < -0.4 is 10.1 Å². The lowest BCUT2D eigenvalue weighted by Gasteiger charge is -2.33. The molecule has 1 unspecified atom stereocenters. The van der Waals surface area contributed by atoms with Gasteiger partial charge in [-0.25, -0.2) is 0 Å². The molecule has 0 aromatic heterocycles. The van der Waals surface area contributed by atoms with E-state index >= 15 is 0 Å². The summed E-state index contributed by atoms with van der Waals surface area (Å²) in [5.74, 6) is 0.290. The Balaban J connectivity index is 0.00000220. The lowest BCUT2D eigenvalue weighted by molar-refractivity contribution is -0.136. The summed E-state index contributed by atoms with van der Waals surface area (Å²) in [5.41, 5.74) is 0. The van der Waals surface area contributed by atoms with E-state index < -0.39 is 0 Å². The molecule has 21 heavy (non-hydrogen) atoms. The van der Waals surface area contributed by atoms with Crippen LogP contribution in [-0.2, 0) is 4.79 Å². The first-order valence-electron chi connectivity index (χ1n) is 6.26. The molecule has 2 rings (SSSR count). The SMILES string of the molecule is CC1CNCCN1C(=O)COc1cc(Cl)c(Cl)cc1Cl.Cl. The van der Waals surface area contributed by atoms with Crippen molar-refractivity contribution >= 4 is 53.1 Å². The Morgan fingerprint density at radius 3 is 2.67 bits per heavy atom. The number of piperazine rings is 1. The molecule has 1 N–H and O–H groups in total. The van der Waals surface area contributed by atoms with E-state index in [0.717, 1.165) is 13.1 Å². The van der Waals surface area contributed by atoms with Gasteiger partial charge >= 0.3 is 0 Å². The Labute approximate surface area is 145 Å². The standard InChI is InChI=1S/C13H15Cl3N2O2.ClH/c1-8-6-17-2-3-18(8)13(19)7-20-12-5-10(15)9(14)4-11(12)16;/h4-5,8,17H,2-3,6-7H2,1H3;1H. The van der Waals surface area contributed by atoms with Crippen molar-refractivity contribution in [2.24, 2.45) is 0 Å². The Morgan fingerprint density at radius 1 is 1.33 bits per heavy atom. The number of carbonyl (C=O) groups excluding carboxylic acids is 1. The van der Waals surface area contributed by atoms with Gasteiger partial charge < -0.3 is 15.0 Å². The van der Waals surface area contributed by atoms with Crippen LogP contribution in [0.3, 0.4) is 0 Å². The molecule has 0 spiro atoms. The second kappa shape index (κ2) is 8.30. The fourth-order valence-corrected chi connectivity index (χ4v) is 2.64. The number of halogens is 4. The zero-order valence-electron chi connectivity index (χ0n) is 11.4. The zero-order valence-corrected chi connectivity index (χ0v) is 14.5. The van der Waals surface area contributed by atoms with Gasteiger partial charge in [0.25, 0.3) is 5.91 Å². The molecular formula is C13H16Cl4N2O2. The Kier molecular flexibility index (Phi) is 7.37.